The molecular weight excluding hydrogens is 177 g/mol. The van der Waals surface area contributed by atoms with Gasteiger partial charge < -0.3 is 0 Å². The molecule has 0 spiro atoms. The fourth-order valence-electron chi connectivity index (χ4n) is 0.543. The second-order valence-corrected chi connectivity index (χ2v) is 2.57. The van der Waals surface area contributed by atoms with E-state index < -0.39 is 11.7 Å². The molecule has 0 aromatic rings. The van der Waals surface area contributed by atoms with Crippen LogP contribution in [0, 0.1) is 0 Å². The lowest BCUT2D eigenvalue weighted by molar-refractivity contribution is -0.0883. The molecule has 0 amide bonds. The van der Waals surface area contributed by atoms with Gasteiger partial charge >= 0.3 is 6.18 Å². The Labute approximate surface area is 68.3 Å². The predicted molar refractivity (Wildman–Crippen MR) is 39.4 cm³/mol. The van der Waals surface area contributed by atoms with Crippen molar-refractivity contribution in [2.45, 2.75) is 20.0 Å². The highest BCUT2D eigenvalue weighted by Crippen LogP contribution is 2.27. The number of allylic oxidation sites excluding steroid dienone is 4. The largest absolute Gasteiger partial charge is 0.416 e. The maximum absolute atomic E-state index is 11.9. The van der Waals surface area contributed by atoms with E-state index in [-0.39, 0.29) is 5.03 Å². The SMILES string of the molecule is CC=C(C=C(C)Cl)C(F)(F)F. The minimum Gasteiger partial charge on any atom is -0.166 e. The summed E-state index contributed by atoms with van der Waals surface area (Å²) < 4.78 is 35.7. The molecule has 0 bridgehead atoms. The van der Waals surface area contributed by atoms with E-state index in [0.29, 0.717) is 0 Å². The summed E-state index contributed by atoms with van der Waals surface area (Å²) in [6.45, 7) is 2.72. The Hall–Kier alpha value is -0.440. The normalized spacial score (nSPS) is 15.5. The smallest absolute Gasteiger partial charge is 0.166 e. The number of rotatable bonds is 1. The highest BCUT2D eigenvalue weighted by Gasteiger charge is 2.31. The van der Waals surface area contributed by atoms with Crippen molar-refractivity contribution in [1.29, 1.82) is 0 Å². The molecule has 4 heteroatoms. The van der Waals surface area contributed by atoms with Gasteiger partial charge in [0.15, 0.2) is 0 Å². The van der Waals surface area contributed by atoms with Crippen molar-refractivity contribution < 1.29 is 13.2 Å². The Morgan fingerprint density at radius 1 is 1.36 bits per heavy atom. The molecule has 0 aliphatic rings. The van der Waals surface area contributed by atoms with Crippen LogP contribution in [-0.4, -0.2) is 6.18 Å². The van der Waals surface area contributed by atoms with Crippen LogP contribution in [0.2, 0.25) is 0 Å². The predicted octanol–water partition coefficient (Wildman–Crippen LogP) is 3.64. The highest BCUT2D eigenvalue weighted by atomic mass is 35.5. The van der Waals surface area contributed by atoms with Gasteiger partial charge in [-0.2, -0.15) is 13.2 Å². The summed E-state index contributed by atoms with van der Waals surface area (Å²) in [5, 5.41) is 0.121. The molecule has 0 atom stereocenters. The summed E-state index contributed by atoms with van der Waals surface area (Å²) in [6, 6.07) is 0. The van der Waals surface area contributed by atoms with Crippen LogP contribution >= 0.6 is 11.6 Å². The third kappa shape index (κ3) is 4.09. The second-order valence-electron chi connectivity index (χ2n) is 1.97. The van der Waals surface area contributed by atoms with Crippen molar-refractivity contribution in [3.8, 4) is 0 Å². The molecule has 0 aromatic heterocycles. The molecular formula is C7H8ClF3. The van der Waals surface area contributed by atoms with Crippen molar-refractivity contribution in [3.05, 3.63) is 22.8 Å². The summed E-state index contributed by atoms with van der Waals surface area (Å²) in [5.74, 6) is 0. The maximum Gasteiger partial charge on any atom is 0.416 e. The van der Waals surface area contributed by atoms with Crippen LogP contribution in [0.15, 0.2) is 22.8 Å². The van der Waals surface area contributed by atoms with Crippen LogP contribution in [0.5, 0.6) is 0 Å². The topological polar surface area (TPSA) is 0 Å². The molecule has 0 heterocycles. The zero-order chi connectivity index (χ0) is 9.07. The van der Waals surface area contributed by atoms with Gasteiger partial charge in [-0.15, -0.1) is 0 Å². The Morgan fingerprint density at radius 3 is 1.91 bits per heavy atom. The van der Waals surface area contributed by atoms with Gasteiger partial charge in [-0.3, -0.25) is 0 Å². The van der Waals surface area contributed by atoms with E-state index in [9.17, 15) is 13.2 Å². The molecule has 0 aromatic carbocycles. The van der Waals surface area contributed by atoms with Gasteiger partial charge in [0.1, 0.15) is 0 Å². The monoisotopic (exact) mass is 184 g/mol. The lowest BCUT2D eigenvalue weighted by Gasteiger charge is -2.06. The van der Waals surface area contributed by atoms with E-state index >= 15 is 0 Å². The van der Waals surface area contributed by atoms with Gasteiger partial charge in [0.05, 0.1) is 5.57 Å². The Morgan fingerprint density at radius 2 is 1.82 bits per heavy atom. The summed E-state index contributed by atoms with van der Waals surface area (Å²) in [5.41, 5.74) is -0.718. The fraction of sp³-hybridized carbons (Fsp3) is 0.429. The molecule has 0 radical (unpaired) electrons. The van der Waals surface area contributed by atoms with Gasteiger partial charge in [-0.25, -0.2) is 0 Å². The lowest BCUT2D eigenvalue weighted by atomic mass is 10.2. The van der Waals surface area contributed by atoms with E-state index in [1.165, 1.54) is 13.8 Å². The van der Waals surface area contributed by atoms with E-state index in [4.69, 9.17) is 11.6 Å². The highest BCUT2D eigenvalue weighted by molar-refractivity contribution is 6.29. The summed E-state index contributed by atoms with van der Waals surface area (Å²) in [4.78, 5) is 0. The van der Waals surface area contributed by atoms with Crippen LogP contribution in [-0.2, 0) is 0 Å². The van der Waals surface area contributed by atoms with Crippen molar-refractivity contribution in [3.63, 3.8) is 0 Å². The molecule has 11 heavy (non-hydrogen) atoms. The van der Waals surface area contributed by atoms with Gasteiger partial charge in [0.25, 0.3) is 0 Å². The number of hydrogen-bond donors (Lipinski definition) is 0. The van der Waals surface area contributed by atoms with Gasteiger partial charge in [-0.1, -0.05) is 17.7 Å². The minimum atomic E-state index is -4.30. The van der Waals surface area contributed by atoms with Crippen LogP contribution in [0.1, 0.15) is 13.8 Å². The average molecular weight is 185 g/mol. The van der Waals surface area contributed by atoms with Gasteiger partial charge in [-0.05, 0) is 19.9 Å². The van der Waals surface area contributed by atoms with E-state index in [1.54, 1.807) is 0 Å². The molecule has 0 aliphatic heterocycles. The van der Waals surface area contributed by atoms with Crippen LogP contribution < -0.4 is 0 Å². The maximum atomic E-state index is 11.9. The van der Waals surface area contributed by atoms with E-state index in [1.807, 2.05) is 0 Å². The molecule has 0 nitrogen and oxygen atoms in total. The van der Waals surface area contributed by atoms with Crippen LogP contribution in [0.3, 0.4) is 0 Å². The minimum absolute atomic E-state index is 0.121. The van der Waals surface area contributed by atoms with Crippen LogP contribution in [0.25, 0.3) is 0 Å². The zero-order valence-electron chi connectivity index (χ0n) is 6.17. The van der Waals surface area contributed by atoms with E-state index in [0.717, 1.165) is 12.2 Å². The first-order valence-corrected chi connectivity index (χ1v) is 3.33. The average Bonchev–Trinajstić information content (AvgIpc) is 1.79. The Balaban J connectivity index is 4.60. The molecule has 0 saturated carbocycles. The van der Waals surface area contributed by atoms with Crippen molar-refractivity contribution in [2.75, 3.05) is 0 Å². The quantitative estimate of drug-likeness (QED) is 0.546. The van der Waals surface area contributed by atoms with Crippen molar-refractivity contribution >= 4 is 11.6 Å². The summed E-state index contributed by atoms with van der Waals surface area (Å²) >= 11 is 5.28. The summed E-state index contributed by atoms with van der Waals surface area (Å²) in [7, 11) is 0. The molecule has 0 saturated heterocycles. The van der Waals surface area contributed by atoms with Crippen molar-refractivity contribution in [2.24, 2.45) is 0 Å². The van der Waals surface area contributed by atoms with Gasteiger partial charge in [0.2, 0.25) is 0 Å². The number of alkyl halides is 3. The first-order chi connectivity index (χ1) is 4.88. The molecule has 0 N–H and O–H groups in total. The molecule has 0 fully saturated rings. The van der Waals surface area contributed by atoms with Crippen LogP contribution in [0.4, 0.5) is 13.2 Å². The van der Waals surface area contributed by atoms with Crippen molar-refractivity contribution in [1.82, 2.24) is 0 Å². The van der Waals surface area contributed by atoms with Gasteiger partial charge in [0, 0.05) is 5.03 Å². The molecule has 0 rings (SSSR count). The lowest BCUT2D eigenvalue weighted by Crippen LogP contribution is -2.09. The standard InChI is InChI=1S/C7H8ClF3/c1-3-6(4-5(2)8)7(9,10)11/h3-4H,1-2H3. The number of halogens is 4. The first kappa shape index (κ1) is 10.6. The zero-order valence-corrected chi connectivity index (χ0v) is 6.92. The molecule has 64 valence electrons. The Kier molecular flexibility index (Phi) is 3.66. The molecule has 0 unspecified atom stereocenters. The first-order valence-electron chi connectivity index (χ1n) is 2.95. The third-order valence-electron chi connectivity index (χ3n) is 0.993. The second kappa shape index (κ2) is 3.81. The fourth-order valence-corrected chi connectivity index (χ4v) is 0.661. The molecule has 0 aliphatic carbocycles. The third-order valence-corrected chi connectivity index (χ3v) is 1.10. The summed E-state index contributed by atoms with van der Waals surface area (Å²) in [6.07, 6.45) is -2.43. The Bertz CT molecular complexity index is 184. The van der Waals surface area contributed by atoms with E-state index in [2.05, 4.69) is 0 Å². The number of hydrogen-bond acceptors (Lipinski definition) is 0.